The number of hydrogen-bond donors (Lipinski definition) is 2. The predicted molar refractivity (Wildman–Crippen MR) is 114 cm³/mol. The number of rotatable bonds is 9. The lowest BCUT2D eigenvalue weighted by molar-refractivity contribution is -0.134. The molecule has 0 aliphatic carbocycles. The van der Waals surface area contributed by atoms with Gasteiger partial charge in [0.1, 0.15) is 5.75 Å². The first-order valence-corrected chi connectivity index (χ1v) is 9.77. The van der Waals surface area contributed by atoms with Crippen molar-refractivity contribution in [2.75, 3.05) is 26.7 Å². The summed E-state index contributed by atoms with van der Waals surface area (Å²) in [5.74, 6) is 0.563. The zero-order valence-corrected chi connectivity index (χ0v) is 16.9. The fraction of sp³-hybridized carbons (Fsp3) is 0.304. The van der Waals surface area contributed by atoms with Gasteiger partial charge in [0.15, 0.2) is 0 Å². The standard InChI is InChI=1S/C23H27N3O3/c1-17(27)26(14-12-19-15-25-22-6-4-3-5-21(19)22)16-23(28)24-13-11-18-7-9-20(29-2)10-8-18/h3-10,15,25H,11-14,16H2,1-2H3,(H,24,28). The highest BCUT2D eigenvalue weighted by atomic mass is 16.5. The lowest BCUT2D eigenvalue weighted by Crippen LogP contribution is -2.41. The number of benzene rings is 2. The number of carbonyl (C=O) groups excluding carboxylic acids is 2. The van der Waals surface area contributed by atoms with Gasteiger partial charge in [-0.05, 0) is 42.2 Å². The van der Waals surface area contributed by atoms with Gasteiger partial charge >= 0.3 is 0 Å². The lowest BCUT2D eigenvalue weighted by Gasteiger charge is -2.20. The molecule has 6 nitrogen and oxygen atoms in total. The Morgan fingerprint density at radius 3 is 2.55 bits per heavy atom. The van der Waals surface area contributed by atoms with Crippen molar-refractivity contribution in [3.8, 4) is 5.75 Å². The van der Waals surface area contributed by atoms with E-state index in [0.717, 1.165) is 34.2 Å². The number of amides is 2. The molecular formula is C23H27N3O3. The van der Waals surface area contributed by atoms with Gasteiger partial charge in [0, 0.05) is 37.1 Å². The molecule has 0 saturated heterocycles. The van der Waals surface area contributed by atoms with E-state index in [1.54, 1.807) is 12.0 Å². The first kappa shape index (κ1) is 20.5. The highest BCUT2D eigenvalue weighted by Crippen LogP contribution is 2.18. The van der Waals surface area contributed by atoms with Gasteiger partial charge in [-0.25, -0.2) is 0 Å². The maximum Gasteiger partial charge on any atom is 0.239 e. The van der Waals surface area contributed by atoms with Crippen LogP contribution >= 0.6 is 0 Å². The third-order valence-corrected chi connectivity index (χ3v) is 5.00. The average Bonchev–Trinajstić information content (AvgIpc) is 3.14. The molecule has 6 heteroatoms. The molecule has 1 aromatic heterocycles. The van der Waals surface area contributed by atoms with Gasteiger partial charge < -0.3 is 19.9 Å². The number of aromatic nitrogens is 1. The molecule has 152 valence electrons. The maximum absolute atomic E-state index is 12.3. The second kappa shape index (κ2) is 9.78. The average molecular weight is 393 g/mol. The second-order valence-corrected chi connectivity index (χ2v) is 7.00. The fourth-order valence-electron chi connectivity index (χ4n) is 3.31. The molecule has 3 aromatic rings. The molecule has 0 aliphatic rings. The molecule has 2 amide bonds. The Kier molecular flexibility index (Phi) is 6.89. The predicted octanol–water partition coefficient (Wildman–Crippen LogP) is 2.93. The minimum atomic E-state index is -0.146. The number of ether oxygens (including phenoxy) is 1. The molecule has 0 saturated carbocycles. The van der Waals surface area contributed by atoms with Crippen LogP contribution in [0, 0.1) is 0 Å². The molecule has 2 aromatic carbocycles. The minimum Gasteiger partial charge on any atom is -0.497 e. The van der Waals surface area contributed by atoms with Crippen LogP contribution in [0.5, 0.6) is 5.75 Å². The monoisotopic (exact) mass is 393 g/mol. The summed E-state index contributed by atoms with van der Waals surface area (Å²) >= 11 is 0. The molecule has 1 heterocycles. The molecule has 0 unspecified atom stereocenters. The van der Waals surface area contributed by atoms with Crippen LogP contribution in [0.3, 0.4) is 0 Å². The molecule has 29 heavy (non-hydrogen) atoms. The number of fused-ring (bicyclic) bond motifs is 1. The van der Waals surface area contributed by atoms with Crippen molar-refractivity contribution >= 4 is 22.7 Å². The van der Waals surface area contributed by atoms with Crippen molar-refractivity contribution in [1.29, 1.82) is 0 Å². The summed E-state index contributed by atoms with van der Waals surface area (Å²) in [6, 6.07) is 15.8. The van der Waals surface area contributed by atoms with E-state index in [1.807, 2.05) is 48.7 Å². The maximum atomic E-state index is 12.3. The molecule has 2 N–H and O–H groups in total. The van der Waals surface area contributed by atoms with Crippen LogP contribution in [0.15, 0.2) is 54.7 Å². The van der Waals surface area contributed by atoms with E-state index in [4.69, 9.17) is 4.74 Å². The topological polar surface area (TPSA) is 74.4 Å². The van der Waals surface area contributed by atoms with E-state index in [2.05, 4.69) is 16.4 Å². The molecule has 0 spiro atoms. The Morgan fingerprint density at radius 2 is 1.83 bits per heavy atom. The third-order valence-electron chi connectivity index (χ3n) is 5.00. The van der Waals surface area contributed by atoms with Crippen LogP contribution in [0.4, 0.5) is 0 Å². The fourth-order valence-corrected chi connectivity index (χ4v) is 3.31. The number of hydrogen-bond acceptors (Lipinski definition) is 3. The Morgan fingerprint density at radius 1 is 1.07 bits per heavy atom. The van der Waals surface area contributed by atoms with Crippen molar-refractivity contribution in [3.05, 3.63) is 65.9 Å². The van der Waals surface area contributed by atoms with Crippen LogP contribution in [-0.4, -0.2) is 48.4 Å². The van der Waals surface area contributed by atoms with E-state index >= 15 is 0 Å². The van der Waals surface area contributed by atoms with Gasteiger partial charge in [-0.15, -0.1) is 0 Å². The van der Waals surface area contributed by atoms with E-state index < -0.39 is 0 Å². The second-order valence-electron chi connectivity index (χ2n) is 7.00. The smallest absolute Gasteiger partial charge is 0.239 e. The Bertz CT molecular complexity index is 963. The van der Waals surface area contributed by atoms with Gasteiger partial charge in [0.2, 0.25) is 11.8 Å². The number of aromatic amines is 1. The van der Waals surface area contributed by atoms with E-state index in [0.29, 0.717) is 19.5 Å². The highest BCUT2D eigenvalue weighted by molar-refractivity contribution is 5.84. The largest absolute Gasteiger partial charge is 0.497 e. The van der Waals surface area contributed by atoms with Gasteiger partial charge in [-0.2, -0.15) is 0 Å². The number of para-hydroxylation sites is 1. The highest BCUT2D eigenvalue weighted by Gasteiger charge is 2.14. The third kappa shape index (κ3) is 5.60. The van der Waals surface area contributed by atoms with Crippen molar-refractivity contribution in [1.82, 2.24) is 15.2 Å². The zero-order chi connectivity index (χ0) is 20.6. The Hall–Kier alpha value is -3.28. The van der Waals surface area contributed by atoms with Gasteiger partial charge in [0.25, 0.3) is 0 Å². The van der Waals surface area contributed by atoms with Gasteiger partial charge in [0.05, 0.1) is 13.7 Å². The van der Waals surface area contributed by atoms with Gasteiger partial charge in [-0.1, -0.05) is 30.3 Å². The summed E-state index contributed by atoms with van der Waals surface area (Å²) in [6.07, 6.45) is 3.39. The molecule has 3 rings (SSSR count). The van der Waals surface area contributed by atoms with Crippen LogP contribution in [0.1, 0.15) is 18.1 Å². The van der Waals surface area contributed by atoms with Crippen molar-refractivity contribution in [2.45, 2.75) is 19.8 Å². The van der Waals surface area contributed by atoms with Crippen LogP contribution in [0.25, 0.3) is 10.9 Å². The molecule has 0 aliphatic heterocycles. The summed E-state index contributed by atoms with van der Waals surface area (Å²) in [5.41, 5.74) is 3.34. The number of carbonyl (C=O) groups is 2. The molecule has 0 atom stereocenters. The number of nitrogens with one attached hydrogen (secondary N) is 2. The Balaban J connectivity index is 1.47. The molecular weight excluding hydrogens is 366 g/mol. The molecule has 0 bridgehead atoms. The van der Waals surface area contributed by atoms with E-state index in [1.165, 1.54) is 6.92 Å². The Labute approximate surface area is 170 Å². The summed E-state index contributed by atoms with van der Waals surface area (Å²) in [7, 11) is 1.63. The summed E-state index contributed by atoms with van der Waals surface area (Å²) in [6.45, 7) is 2.60. The van der Waals surface area contributed by atoms with Crippen molar-refractivity contribution in [2.24, 2.45) is 0 Å². The van der Waals surface area contributed by atoms with Crippen LogP contribution in [0.2, 0.25) is 0 Å². The normalized spacial score (nSPS) is 10.7. The first-order valence-electron chi connectivity index (χ1n) is 9.77. The summed E-state index contributed by atoms with van der Waals surface area (Å²) in [5, 5.41) is 4.05. The van der Waals surface area contributed by atoms with E-state index in [-0.39, 0.29) is 18.4 Å². The van der Waals surface area contributed by atoms with Crippen molar-refractivity contribution in [3.63, 3.8) is 0 Å². The summed E-state index contributed by atoms with van der Waals surface area (Å²) in [4.78, 5) is 29.1. The van der Waals surface area contributed by atoms with E-state index in [9.17, 15) is 9.59 Å². The number of nitrogens with zero attached hydrogens (tertiary/aromatic N) is 1. The quantitative estimate of drug-likeness (QED) is 0.587. The SMILES string of the molecule is COc1ccc(CCNC(=O)CN(CCc2c[nH]c3ccccc23)C(C)=O)cc1. The molecule has 0 radical (unpaired) electrons. The van der Waals surface area contributed by atoms with Crippen LogP contribution < -0.4 is 10.1 Å². The lowest BCUT2D eigenvalue weighted by atomic mass is 10.1. The van der Waals surface area contributed by atoms with Crippen LogP contribution in [-0.2, 0) is 22.4 Å². The molecule has 0 fully saturated rings. The summed E-state index contributed by atoms with van der Waals surface area (Å²) < 4.78 is 5.14. The number of H-pyrrole nitrogens is 1. The zero-order valence-electron chi connectivity index (χ0n) is 16.9. The first-order chi connectivity index (χ1) is 14.1. The minimum absolute atomic E-state index is 0.0697. The van der Waals surface area contributed by atoms with Gasteiger partial charge in [-0.3, -0.25) is 9.59 Å². The van der Waals surface area contributed by atoms with Crippen molar-refractivity contribution < 1.29 is 14.3 Å². The number of methoxy groups -OCH3 is 1.